The van der Waals surface area contributed by atoms with Gasteiger partial charge in [0.15, 0.2) is 0 Å². The Bertz CT molecular complexity index is 622. The zero-order chi connectivity index (χ0) is 14.9. The highest BCUT2D eigenvalue weighted by molar-refractivity contribution is 7.98. The quantitative estimate of drug-likeness (QED) is 0.827. The minimum Gasteiger partial charge on any atom is -0.377 e. The molecule has 1 aliphatic heterocycles. The molecule has 0 aliphatic carbocycles. The van der Waals surface area contributed by atoms with Gasteiger partial charge in [0.25, 0.3) is 0 Å². The van der Waals surface area contributed by atoms with Crippen molar-refractivity contribution in [1.29, 1.82) is 0 Å². The van der Waals surface area contributed by atoms with Crippen LogP contribution in [0.1, 0.15) is 22.7 Å². The summed E-state index contributed by atoms with van der Waals surface area (Å²) in [5.74, 6) is 1.90. The average molecular weight is 309 g/mol. The third-order valence-electron chi connectivity index (χ3n) is 3.53. The van der Waals surface area contributed by atoms with Crippen LogP contribution in [-0.4, -0.2) is 5.75 Å². The fourth-order valence-corrected chi connectivity index (χ4v) is 3.56. The Kier molecular flexibility index (Phi) is 3.85. The highest BCUT2D eigenvalue weighted by atomic mass is 32.2. The van der Waals surface area contributed by atoms with E-state index in [0.717, 1.165) is 23.6 Å². The molecule has 0 amide bonds. The third kappa shape index (κ3) is 3.18. The lowest BCUT2D eigenvalue weighted by Gasteiger charge is -2.27. The van der Waals surface area contributed by atoms with E-state index in [1.54, 1.807) is 0 Å². The molecule has 5 heteroatoms. The number of benzene rings is 2. The van der Waals surface area contributed by atoms with Crippen molar-refractivity contribution in [2.24, 2.45) is 0 Å². The number of thioether (sulfide) groups is 1. The standard InChI is InChI=1S/C16H14F3NS/c17-16(18,19)12-5-7-13(8-6-12)20-15-10-21-9-11-3-1-2-4-14(11)15/h1-8,15,20H,9-10H2. The molecule has 21 heavy (non-hydrogen) atoms. The molecule has 1 aliphatic rings. The maximum absolute atomic E-state index is 12.6. The number of hydrogen-bond donors (Lipinski definition) is 1. The molecule has 0 spiro atoms. The van der Waals surface area contributed by atoms with E-state index in [1.165, 1.54) is 23.3 Å². The SMILES string of the molecule is FC(F)(F)c1ccc(NC2CSCc3ccccc32)cc1. The second kappa shape index (κ2) is 5.64. The molecule has 1 N–H and O–H groups in total. The predicted octanol–water partition coefficient (Wildman–Crippen LogP) is 5.11. The Hall–Kier alpha value is -1.62. The van der Waals surface area contributed by atoms with Crippen LogP contribution in [0.4, 0.5) is 18.9 Å². The molecule has 0 saturated heterocycles. The molecule has 3 rings (SSSR count). The summed E-state index contributed by atoms with van der Waals surface area (Å²) in [6.45, 7) is 0. The molecular formula is C16H14F3NS. The maximum atomic E-state index is 12.6. The molecule has 1 heterocycles. The van der Waals surface area contributed by atoms with Crippen molar-refractivity contribution in [3.05, 3.63) is 65.2 Å². The van der Waals surface area contributed by atoms with E-state index in [-0.39, 0.29) is 6.04 Å². The number of fused-ring (bicyclic) bond motifs is 1. The van der Waals surface area contributed by atoms with E-state index >= 15 is 0 Å². The van der Waals surface area contributed by atoms with Crippen LogP contribution in [0.15, 0.2) is 48.5 Å². The van der Waals surface area contributed by atoms with Gasteiger partial charge >= 0.3 is 6.18 Å². The molecule has 0 saturated carbocycles. The first-order chi connectivity index (χ1) is 10.0. The third-order valence-corrected chi connectivity index (χ3v) is 4.61. The number of nitrogens with one attached hydrogen (secondary N) is 1. The minimum absolute atomic E-state index is 0.136. The van der Waals surface area contributed by atoms with Gasteiger partial charge in [-0.25, -0.2) is 0 Å². The molecule has 0 bridgehead atoms. The molecule has 1 atom stereocenters. The Labute approximate surface area is 125 Å². The first-order valence-corrected chi connectivity index (χ1v) is 7.79. The van der Waals surface area contributed by atoms with Crippen LogP contribution in [0.25, 0.3) is 0 Å². The summed E-state index contributed by atoms with van der Waals surface area (Å²) < 4.78 is 37.7. The lowest BCUT2D eigenvalue weighted by Crippen LogP contribution is -2.18. The number of rotatable bonds is 2. The van der Waals surface area contributed by atoms with E-state index < -0.39 is 11.7 Å². The number of anilines is 1. The molecule has 2 aromatic rings. The van der Waals surface area contributed by atoms with Gasteiger partial charge in [0.05, 0.1) is 11.6 Å². The van der Waals surface area contributed by atoms with Gasteiger partial charge in [0.2, 0.25) is 0 Å². The van der Waals surface area contributed by atoms with Gasteiger partial charge in [-0.2, -0.15) is 24.9 Å². The van der Waals surface area contributed by atoms with Crippen LogP contribution in [0.3, 0.4) is 0 Å². The Morgan fingerprint density at radius 3 is 2.43 bits per heavy atom. The summed E-state index contributed by atoms with van der Waals surface area (Å²) in [4.78, 5) is 0. The van der Waals surface area contributed by atoms with Crippen molar-refractivity contribution in [2.75, 3.05) is 11.1 Å². The van der Waals surface area contributed by atoms with E-state index in [9.17, 15) is 13.2 Å². The minimum atomic E-state index is -4.29. The van der Waals surface area contributed by atoms with Crippen molar-refractivity contribution >= 4 is 17.4 Å². The molecular weight excluding hydrogens is 295 g/mol. The van der Waals surface area contributed by atoms with E-state index in [2.05, 4.69) is 17.4 Å². The molecule has 1 nitrogen and oxygen atoms in total. The normalized spacial score (nSPS) is 18.1. The van der Waals surface area contributed by atoms with Crippen LogP contribution < -0.4 is 5.32 Å². The van der Waals surface area contributed by atoms with Crippen LogP contribution in [0, 0.1) is 0 Å². The van der Waals surface area contributed by atoms with Crippen molar-refractivity contribution in [2.45, 2.75) is 18.0 Å². The van der Waals surface area contributed by atoms with Crippen molar-refractivity contribution < 1.29 is 13.2 Å². The zero-order valence-corrected chi connectivity index (χ0v) is 12.0. The molecule has 110 valence electrons. The first-order valence-electron chi connectivity index (χ1n) is 6.63. The lowest BCUT2D eigenvalue weighted by atomic mass is 10.0. The van der Waals surface area contributed by atoms with Crippen LogP contribution >= 0.6 is 11.8 Å². The van der Waals surface area contributed by atoms with Crippen molar-refractivity contribution in [1.82, 2.24) is 0 Å². The Balaban J connectivity index is 1.79. The highest BCUT2D eigenvalue weighted by Crippen LogP contribution is 2.35. The summed E-state index contributed by atoms with van der Waals surface area (Å²) >= 11 is 1.83. The molecule has 0 aromatic heterocycles. The van der Waals surface area contributed by atoms with Gasteiger partial charge < -0.3 is 5.32 Å². The number of halogens is 3. The Morgan fingerprint density at radius 1 is 1.00 bits per heavy atom. The zero-order valence-electron chi connectivity index (χ0n) is 11.2. The van der Waals surface area contributed by atoms with Crippen molar-refractivity contribution in [3.63, 3.8) is 0 Å². The second-order valence-corrected chi connectivity index (χ2v) is 6.02. The van der Waals surface area contributed by atoms with Gasteiger partial charge in [-0.3, -0.25) is 0 Å². The topological polar surface area (TPSA) is 12.0 Å². The molecule has 0 fully saturated rings. The summed E-state index contributed by atoms with van der Waals surface area (Å²) in [6.07, 6.45) is -4.29. The fourth-order valence-electron chi connectivity index (χ4n) is 2.46. The Morgan fingerprint density at radius 2 is 1.71 bits per heavy atom. The summed E-state index contributed by atoms with van der Waals surface area (Å²) in [7, 11) is 0. The molecule has 2 aromatic carbocycles. The summed E-state index contributed by atoms with van der Waals surface area (Å²) in [6, 6.07) is 13.5. The molecule has 0 radical (unpaired) electrons. The average Bonchev–Trinajstić information content (AvgIpc) is 2.47. The number of alkyl halides is 3. The second-order valence-electron chi connectivity index (χ2n) is 4.99. The highest BCUT2D eigenvalue weighted by Gasteiger charge is 2.30. The van der Waals surface area contributed by atoms with Crippen LogP contribution in [-0.2, 0) is 11.9 Å². The van der Waals surface area contributed by atoms with Gasteiger partial charge in [-0.15, -0.1) is 0 Å². The first kappa shape index (κ1) is 14.3. The van der Waals surface area contributed by atoms with Gasteiger partial charge in [-0.05, 0) is 35.4 Å². The van der Waals surface area contributed by atoms with E-state index in [4.69, 9.17) is 0 Å². The number of hydrogen-bond acceptors (Lipinski definition) is 2. The predicted molar refractivity (Wildman–Crippen MR) is 80.4 cm³/mol. The summed E-state index contributed by atoms with van der Waals surface area (Å²) in [5.41, 5.74) is 2.62. The smallest absolute Gasteiger partial charge is 0.377 e. The summed E-state index contributed by atoms with van der Waals surface area (Å²) in [5, 5.41) is 3.33. The maximum Gasteiger partial charge on any atom is 0.416 e. The van der Waals surface area contributed by atoms with Gasteiger partial charge in [-0.1, -0.05) is 24.3 Å². The van der Waals surface area contributed by atoms with Crippen LogP contribution in [0.5, 0.6) is 0 Å². The van der Waals surface area contributed by atoms with E-state index in [1.807, 2.05) is 23.9 Å². The van der Waals surface area contributed by atoms with Gasteiger partial charge in [0, 0.05) is 17.2 Å². The monoisotopic (exact) mass is 309 g/mol. The van der Waals surface area contributed by atoms with Crippen molar-refractivity contribution in [3.8, 4) is 0 Å². The van der Waals surface area contributed by atoms with Crippen LogP contribution in [0.2, 0.25) is 0 Å². The lowest BCUT2D eigenvalue weighted by molar-refractivity contribution is -0.137. The fraction of sp³-hybridized carbons (Fsp3) is 0.250. The van der Waals surface area contributed by atoms with Gasteiger partial charge in [0.1, 0.15) is 0 Å². The van der Waals surface area contributed by atoms with E-state index in [0.29, 0.717) is 5.69 Å². The largest absolute Gasteiger partial charge is 0.416 e. The molecule has 1 unspecified atom stereocenters.